The molecular formula is C22H24N4. The van der Waals surface area contributed by atoms with E-state index in [0.29, 0.717) is 0 Å². The lowest BCUT2D eigenvalue weighted by Gasteiger charge is -2.19. The maximum Gasteiger partial charge on any atom is 0.138 e. The maximum absolute atomic E-state index is 4.67. The first-order chi connectivity index (χ1) is 12.8. The summed E-state index contributed by atoms with van der Waals surface area (Å²) in [5.41, 5.74) is 4.03. The lowest BCUT2D eigenvalue weighted by molar-refractivity contribution is 0.854. The van der Waals surface area contributed by atoms with Gasteiger partial charge in [0, 0.05) is 24.8 Å². The van der Waals surface area contributed by atoms with Crippen molar-refractivity contribution in [1.29, 1.82) is 0 Å². The molecule has 0 fully saturated rings. The fourth-order valence-corrected chi connectivity index (χ4v) is 3.51. The first kappa shape index (κ1) is 16.6. The zero-order chi connectivity index (χ0) is 17.8. The Bertz CT molecular complexity index is 876. The SMILES string of the molecule is Cc1nc(NCCCc2ccccc2)cc(N2CCc3ccccc32)n1. The van der Waals surface area contributed by atoms with E-state index >= 15 is 0 Å². The van der Waals surface area contributed by atoms with Crippen molar-refractivity contribution in [3.05, 3.63) is 77.6 Å². The topological polar surface area (TPSA) is 41.1 Å². The zero-order valence-electron chi connectivity index (χ0n) is 15.2. The Labute approximate surface area is 154 Å². The number of hydrogen-bond donors (Lipinski definition) is 1. The molecule has 0 aliphatic carbocycles. The van der Waals surface area contributed by atoms with Gasteiger partial charge in [-0.2, -0.15) is 0 Å². The molecule has 2 aromatic carbocycles. The molecule has 1 aliphatic heterocycles. The number of hydrogen-bond acceptors (Lipinski definition) is 4. The van der Waals surface area contributed by atoms with Crippen LogP contribution in [-0.4, -0.2) is 23.1 Å². The third-order valence-corrected chi connectivity index (χ3v) is 4.78. The molecule has 4 rings (SSSR count). The monoisotopic (exact) mass is 344 g/mol. The molecule has 3 aromatic rings. The first-order valence-electron chi connectivity index (χ1n) is 9.28. The molecule has 1 aromatic heterocycles. The molecule has 0 bridgehead atoms. The number of anilines is 3. The van der Waals surface area contributed by atoms with Gasteiger partial charge in [-0.25, -0.2) is 9.97 Å². The quantitative estimate of drug-likeness (QED) is 0.667. The van der Waals surface area contributed by atoms with Crippen LogP contribution >= 0.6 is 0 Å². The maximum atomic E-state index is 4.67. The summed E-state index contributed by atoms with van der Waals surface area (Å²) in [6.45, 7) is 3.84. The number of nitrogens with one attached hydrogen (secondary N) is 1. The molecule has 1 aliphatic rings. The van der Waals surface area contributed by atoms with Gasteiger partial charge in [-0.15, -0.1) is 0 Å². The van der Waals surface area contributed by atoms with Crippen LogP contribution in [0.4, 0.5) is 17.3 Å². The van der Waals surface area contributed by atoms with Crippen molar-refractivity contribution in [2.75, 3.05) is 23.3 Å². The Morgan fingerprint density at radius 1 is 1.00 bits per heavy atom. The van der Waals surface area contributed by atoms with Crippen LogP contribution in [0.5, 0.6) is 0 Å². The van der Waals surface area contributed by atoms with Gasteiger partial charge >= 0.3 is 0 Å². The highest BCUT2D eigenvalue weighted by molar-refractivity contribution is 5.68. The van der Waals surface area contributed by atoms with Gasteiger partial charge in [0.2, 0.25) is 0 Å². The molecule has 0 radical (unpaired) electrons. The number of rotatable bonds is 6. The van der Waals surface area contributed by atoms with Gasteiger partial charge in [0.25, 0.3) is 0 Å². The van der Waals surface area contributed by atoms with Crippen molar-refractivity contribution in [1.82, 2.24) is 9.97 Å². The van der Waals surface area contributed by atoms with Crippen LogP contribution in [0.15, 0.2) is 60.7 Å². The van der Waals surface area contributed by atoms with Gasteiger partial charge < -0.3 is 10.2 Å². The van der Waals surface area contributed by atoms with E-state index in [1.807, 2.05) is 6.92 Å². The molecule has 0 atom stereocenters. The van der Waals surface area contributed by atoms with Crippen LogP contribution in [0.1, 0.15) is 23.4 Å². The lowest BCUT2D eigenvalue weighted by atomic mass is 10.1. The number of benzene rings is 2. The normalized spacial score (nSPS) is 12.9. The van der Waals surface area contributed by atoms with E-state index in [0.717, 1.165) is 49.8 Å². The van der Waals surface area contributed by atoms with E-state index in [-0.39, 0.29) is 0 Å². The Morgan fingerprint density at radius 2 is 1.81 bits per heavy atom. The van der Waals surface area contributed by atoms with Crippen LogP contribution in [0.3, 0.4) is 0 Å². The summed E-state index contributed by atoms with van der Waals surface area (Å²) in [5.74, 6) is 2.69. The number of aryl methyl sites for hydroxylation is 2. The Hall–Kier alpha value is -2.88. The van der Waals surface area contributed by atoms with Crippen molar-refractivity contribution in [2.24, 2.45) is 0 Å². The van der Waals surface area contributed by atoms with Crippen LogP contribution in [0.25, 0.3) is 0 Å². The summed E-state index contributed by atoms with van der Waals surface area (Å²) < 4.78 is 0. The largest absolute Gasteiger partial charge is 0.370 e. The molecule has 132 valence electrons. The molecule has 4 heteroatoms. The van der Waals surface area contributed by atoms with E-state index in [4.69, 9.17) is 0 Å². The third-order valence-electron chi connectivity index (χ3n) is 4.78. The van der Waals surface area contributed by atoms with Gasteiger partial charge in [0.1, 0.15) is 17.5 Å². The van der Waals surface area contributed by atoms with Gasteiger partial charge in [0.05, 0.1) is 0 Å². The number of nitrogens with zero attached hydrogens (tertiary/aromatic N) is 3. The molecule has 0 saturated heterocycles. The van der Waals surface area contributed by atoms with Crippen molar-refractivity contribution in [3.8, 4) is 0 Å². The number of aromatic nitrogens is 2. The van der Waals surface area contributed by atoms with Crippen LogP contribution in [0, 0.1) is 6.92 Å². The Morgan fingerprint density at radius 3 is 2.69 bits per heavy atom. The average Bonchev–Trinajstić information content (AvgIpc) is 3.10. The van der Waals surface area contributed by atoms with Crippen LogP contribution in [-0.2, 0) is 12.8 Å². The molecule has 2 heterocycles. The minimum absolute atomic E-state index is 0.803. The van der Waals surface area contributed by atoms with Crippen molar-refractivity contribution >= 4 is 17.3 Å². The number of fused-ring (bicyclic) bond motifs is 1. The van der Waals surface area contributed by atoms with Crippen LogP contribution in [0.2, 0.25) is 0 Å². The van der Waals surface area contributed by atoms with Crippen molar-refractivity contribution in [2.45, 2.75) is 26.2 Å². The molecule has 0 amide bonds. The minimum Gasteiger partial charge on any atom is -0.370 e. The second kappa shape index (κ2) is 7.56. The van der Waals surface area contributed by atoms with Gasteiger partial charge in [0.15, 0.2) is 0 Å². The summed E-state index contributed by atoms with van der Waals surface area (Å²) in [6.07, 6.45) is 3.22. The second-order valence-corrected chi connectivity index (χ2v) is 6.70. The van der Waals surface area contributed by atoms with E-state index in [1.165, 1.54) is 16.8 Å². The standard InChI is InChI=1S/C22H24N4/c1-17-24-21(23-14-7-10-18-8-3-2-4-9-18)16-22(25-17)26-15-13-19-11-5-6-12-20(19)26/h2-6,8-9,11-12,16H,7,10,13-15H2,1H3,(H,23,24,25). The highest BCUT2D eigenvalue weighted by Gasteiger charge is 2.21. The van der Waals surface area contributed by atoms with E-state index in [9.17, 15) is 0 Å². The predicted molar refractivity (Wildman–Crippen MR) is 107 cm³/mol. The van der Waals surface area contributed by atoms with E-state index < -0.39 is 0 Å². The lowest BCUT2D eigenvalue weighted by Crippen LogP contribution is -2.16. The number of para-hydroxylation sites is 1. The fourth-order valence-electron chi connectivity index (χ4n) is 3.51. The smallest absolute Gasteiger partial charge is 0.138 e. The Balaban J connectivity index is 1.42. The molecule has 1 N–H and O–H groups in total. The summed E-state index contributed by atoms with van der Waals surface area (Å²) in [5, 5.41) is 3.47. The molecule has 0 spiro atoms. The molecular weight excluding hydrogens is 320 g/mol. The molecule has 0 unspecified atom stereocenters. The summed E-state index contributed by atoms with van der Waals surface area (Å²) in [6, 6.07) is 21.2. The fraction of sp³-hybridized carbons (Fsp3) is 0.273. The van der Waals surface area contributed by atoms with E-state index in [1.54, 1.807) is 0 Å². The summed E-state index contributed by atoms with van der Waals surface area (Å²) >= 11 is 0. The van der Waals surface area contributed by atoms with Gasteiger partial charge in [-0.1, -0.05) is 48.5 Å². The van der Waals surface area contributed by atoms with Crippen molar-refractivity contribution in [3.63, 3.8) is 0 Å². The van der Waals surface area contributed by atoms with Crippen LogP contribution < -0.4 is 10.2 Å². The molecule has 4 nitrogen and oxygen atoms in total. The zero-order valence-corrected chi connectivity index (χ0v) is 15.2. The first-order valence-corrected chi connectivity index (χ1v) is 9.28. The summed E-state index contributed by atoms with van der Waals surface area (Å²) in [4.78, 5) is 11.5. The second-order valence-electron chi connectivity index (χ2n) is 6.70. The van der Waals surface area contributed by atoms with E-state index in [2.05, 4.69) is 80.8 Å². The van der Waals surface area contributed by atoms with Gasteiger partial charge in [-0.3, -0.25) is 0 Å². The average molecular weight is 344 g/mol. The van der Waals surface area contributed by atoms with Crippen molar-refractivity contribution < 1.29 is 0 Å². The molecule has 0 saturated carbocycles. The Kier molecular flexibility index (Phi) is 4.82. The summed E-state index contributed by atoms with van der Waals surface area (Å²) in [7, 11) is 0. The van der Waals surface area contributed by atoms with Gasteiger partial charge in [-0.05, 0) is 43.4 Å². The third kappa shape index (κ3) is 3.69. The molecule has 26 heavy (non-hydrogen) atoms. The highest BCUT2D eigenvalue weighted by atomic mass is 15.2. The minimum atomic E-state index is 0.803. The predicted octanol–water partition coefficient (Wildman–Crippen LogP) is 4.52. The highest BCUT2D eigenvalue weighted by Crippen LogP contribution is 2.33.